The molecule has 1 atom stereocenters. The predicted molar refractivity (Wildman–Crippen MR) is 85.4 cm³/mol. The van der Waals surface area contributed by atoms with Gasteiger partial charge in [0.05, 0.1) is 18.5 Å². The van der Waals surface area contributed by atoms with Crippen molar-refractivity contribution in [2.75, 3.05) is 31.5 Å². The predicted octanol–water partition coefficient (Wildman–Crippen LogP) is 0.743. The van der Waals surface area contributed by atoms with Gasteiger partial charge in [-0.15, -0.1) is 0 Å². The van der Waals surface area contributed by atoms with E-state index in [1.54, 1.807) is 25.1 Å². The molecule has 0 aliphatic heterocycles. The Labute approximate surface area is 134 Å². The second kappa shape index (κ2) is 8.74. The van der Waals surface area contributed by atoms with E-state index in [1.807, 2.05) is 0 Å². The molecular weight excluding hydrogens is 302 g/mol. The van der Waals surface area contributed by atoms with Crippen LogP contribution in [-0.4, -0.2) is 44.6 Å². The molecule has 3 amide bonds. The molecule has 8 heteroatoms. The Morgan fingerprint density at radius 1 is 1.13 bits per heavy atom. The number of ether oxygens (including phenoxy) is 2. The van der Waals surface area contributed by atoms with Gasteiger partial charge < -0.3 is 25.4 Å². The molecule has 8 nitrogen and oxygen atoms in total. The molecule has 1 rings (SSSR count). The topological polar surface area (TPSA) is 106 Å². The lowest BCUT2D eigenvalue weighted by molar-refractivity contribution is -0.124. The third-order valence-corrected chi connectivity index (χ3v) is 2.85. The summed E-state index contributed by atoms with van der Waals surface area (Å²) < 4.78 is 9.86. The fourth-order valence-corrected chi connectivity index (χ4v) is 1.79. The van der Waals surface area contributed by atoms with E-state index in [0.29, 0.717) is 17.1 Å². The third kappa shape index (κ3) is 5.95. The van der Waals surface area contributed by atoms with Crippen molar-refractivity contribution in [2.24, 2.45) is 0 Å². The number of methoxy groups -OCH3 is 2. The SMILES string of the molecule is COCC(=O)Nc1ccc(OC)cc1NC(=O)[C@H](C)NC(C)=O. The van der Waals surface area contributed by atoms with Crippen molar-refractivity contribution < 1.29 is 23.9 Å². The van der Waals surface area contributed by atoms with Crippen molar-refractivity contribution in [3.63, 3.8) is 0 Å². The van der Waals surface area contributed by atoms with E-state index in [1.165, 1.54) is 21.1 Å². The van der Waals surface area contributed by atoms with Crippen LogP contribution in [0.15, 0.2) is 18.2 Å². The molecule has 0 aromatic heterocycles. The van der Waals surface area contributed by atoms with Crippen LogP contribution in [0.1, 0.15) is 13.8 Å². The number of anilines is 2. The summed E-state index contributed by atoms with van der Waals surface area (Å²) in [5.74, 6) is -0.581. The van der Waals surface area contributed by atoms with Crippen molar-refractivity contribution in [3.05, 3.63) is 18.2 Å². The number of amides is 3. The number of carbonyl (C=O) groups excluding carboxylic acids is 3. The molecule has 0 heterocycles. The van der Waals surface area contributed by atoms with Crippen LogP contribution in [0.2, 0.25) is 0 Å². The number of hydrogen-bond donors (Lipinski definition) is 3. The van der Waals surface area contributed by atoms with Gasteiger partial charge in [-0.25, -0.2) is 0 Å². The molecule has 0 aliphatic rings. The van der Waals surface area contributed by atoms with Gasteiger partial charge in [-0.1, -0.05) is 0 Å². The van der Waals surface area contributed by atoms with Crippen LogP contribution in [0.4, 0.5) is 11.4 Å². The molecule has 3 N–H and O–H groups in total. The molecule has 0 fully saturated rings. The molecule has 0 aliphatic carbocycles. The van der Waals surface area contributed by atoms with Crippen molar-refractivity contribution in [2.45, 2.75) is 19.9 Å². The lowest BCUT2D eigenvalue weighted by atomic mass is 10.2. The Morgan fingerprint density at radius 2 is 1.83 bits per heavy atom. The second-order valence-corrected chi connectivity index (χ2v) is 4.80. The van der Waals surface area contributed by atoms with Crippen LogP contribution in [0, 0.1) is 0 Å². The zero-order valence-electron chi connectivity index (χ0n) is 13.6. The first-order valence-corrected chi connectivity index (χ1v) is 6.92. The molecule has 1 aromatic carbocycles. The summed E-state index contributed by atoms with van der Waals surface area (Å²) in [6.45, 7) is 2.77. The lowest BCUT2D eigenvalue weighted by Gasteiger charge is -2.16. The number of carbonyl (C=O) groups is 3. The Kier molecular flexibility index (Phi) is 7.01. The maximum Gasteiger partial charge on any atom is 0.250 e. The average Bonchev–Trinajstić information content (AvgIpc) is 2.48. The Bertz CT molecular complexity index is 588. The van der Waals surface area contributed by atoms with E-state index >= 15 is 0 Å². The highest BCUT2D eigenvalue weighted by Crippen LogP contribution is 2.27. The van der Waals surface area contributed by atoms with E-state index in [0.717, 1.165) is 0 Å². The van der Waals surface area contributed by atoms with Crippen molar-refractivity contribution >= 4 is 29.1 Å². The van der Waals surface area contributed by atoms with Gasteiger partial charge >= 0.3 is 0 Å². The van der Waals surface area contributed by atoms with E-state index in [9.17, 15) is 14.4 Å². The molecule has 126 valence electrons. The maximum atomic E-state index is 12.1. The fraction of sp³-hybridized carbons (Fsp3) is 0.400. The van der Waals surface area contributed by atoms with E-state index in [-0.39, 0.29) is 18.4 Å². The van der Waals surface area contributed by atoms with E-state index < -0.39 is 11.9 Å². The van der Waals surface area contributed by atoms with Gasteiger partial charge in [0.1, 0.15) is 18.4 Å². The van der Waals surface area contributed by atoms with E-state index in [4.69, 9.17) is 9.47 Å². The third-order valence-electron chi connectivity index (χ3n) is 2.85. The first-order valence-electron chi connectivity index (χ1n) is 6.92. The molecular formula is C15H21N3O5. The van der Waals surface area contributed by atoms with Crippen LogP contribution in [0.25, 0.3) is 0 Å². The molecule has 0 bridgehead atoms. The lowest BCUT2D eigenvalue weighted by Crippen LogP contribution is -2.40. The maximum absolute atomic E-state index is 12.1. The molecule has 0 unspecified atom stereocenters. The minimum atomic E-state index is -0.721. The summed E-state index contributed by atoms with van der Waals surface area (Å²) in [6, 6.07) is 4.10. The number of hydrogen-bond acceptors (Lipinski definition) is 5. The summed E-state index contributed by atoms with van der Waals surface area (Å²) in [5.41, 5.74) is 0.757. The van der Waals surface area contributed by atoms with Gasteiger partial charge in [-0.05, 0) is 19.1 Å². The Hall–Kier alpha value is -2.61. The smallest absolute Gasteiger partial charge is 0.250 e. The standard InChI is InChI=1S/C15H21N3O5/c1-9(16-10(2)19)15(21)18-13-7-11(23-4)5-6-12(13)17-14(20)8-22-3/h5-7,9H,8H2,1-4H3,(H,16,19)(H,17,20)(H,18,21)/t9-/m0/s1. The van der Waals surface area contributed by atoms with Gasteiger partial charge in [-0.2, -0.15) is 0 Å². The zero-order valence-corrected chi connectivity index (χ0v) is 13.6. The van der Waals surface area contributed by atoms with Crippen molar-refractivity contribution in [3.8, 4) is 5.75 Å². The Balaban J connectivity index is 2.94. The Morgan fingerprint density at radius 3 is 2.39 bits per heavy atom. The molecule has 0 radical (unpaired) electrons. The molecule has 1 aromatic rings. The van der Waals surface area contributed by atoms with Gasteiger partial charge in [0.25, 0.3) is 0 Å². The summed E-state index contributed by atoms with van der Waals surface area (Å²) >= 11 is 0. The fourth-order valence-electron chi connectivity index (χ4n) is 1.79. The number of benzene rings is 1. The summed E-state index contributed by atoms with van der Waals surface area (Å²) in [6.07, 6.45) is 0. The minimum Gasteiger partial charge on any atom is -0.497 e. The molecule has 23 heavy (non-hydrogen) atoms. The zero-order chi connectivity index (χ0) is 17.4. The summed E-state index contributed by atoms with van der Waals surface area (Å²) in [5, 5.41) is 7.76. The van der Waals surface area contributed by atoms with Crippen LogP contribution >= 0.6 is 0 Å². The van der Waals surface area contributed by atoms with Crippen LogP contribution in [0.5, 0.6) is 5.75 Å². The number of nitrogens with one attached hydrogen (secondary N) is 3. The van der Waals surface area contributed by atoms with Gasteiger partial charge in [0.15, 0.2) is 0 Å². The van der Waals surface area contributed by atoms with Gasteiger partial charge in [-0.3, -0.25) is 14.4 Å². The highest BCUT2D eigenvalue weighted by Gasteiger charge is 2.16. The van der Waals surface area contributed by atoms with Crippen LogP contribution in [-0.2, 0) is 19.1 Å². The average molecular weight is 323 g/mol. The van der Waals surface area contributed by atoms with Crippen molar-refractivity contribution in [1.82, 2.24) is 5.32 Å². The largest absolute Gasteiger partial charge is 0.497 e. The number of rotatable bonds is 7. The van der Waals surface area contributed by atoms with Crippen molar-refractivity contribution in [1.29, 1.82) is 0 Å². The molecule has 0 spiro atoms. The quantitative estimate of drug-likeness (QED) is 0.686. The van der Waals surface area contributed by atoms with Gasteiger partial charge in [0.2, 0.25) is 17.7 Å². The second-order valence-electron chi connectivity index (χ2n) is 4.80. The van der Waals surface area contributed by atoms with Crippen LogP contribution in [0.3, 0.4) is 0 Å². The first-order chi connectivity index (χ1) is 10.9. The highest BCUT2D eigenvalue weighted by atomic mass is 16.5. The summed E-state index contributed by atoms with van der Waals surface area (Å²) in [4.78, 5) is 34.8. The first kappa shape index (κ1) is 18.4. The monoisotopic (exact) mass is 323 g/mol. The molecule has 0 saturated carbocycles. The summed E-state index contributed by atoms with van der Waals surface area (Å²) in [7, 11) is 2.90. The highest BCUT2D eigenvalue weighted by molar-refractivity contribution is 6.02. The van der Waals surface area contributed by atoms with Gasteiger partial charge in [0, 0.05) is 20.1 Å². The van der Waals surface area contributed by atoms with E-state index in [2.05, 4.69) is 16.0 Å². The van der Waals surface area contributed by atoms with Crippen LogP contribution < -0.4 is 20.7 Å². The molecule has 0 saturated heterocycles. The normalized spacial score (nSPS) is 11.3. The minimum absolute atomic E-state index is 0.109.